The summed E-state index contributed by atoms with van der Waals surface area (Å²) in [6.45, 7) is 3.13. The van der Waals surface area contributed by atoms with Crippen LogP contribution >= 0.6 is 0 Å². The van der Waals surface area contributed by atoms with Gasteiger partial charge in [-0.05, 0) is 34.0 Å². The molecule has 1 unspecified atom stereocenters. The van der Waals surface area contributed by atoms with Gasteiger partial charge in [0.1, 0.15) is 5.84 Å². The highest BCUT2D eigenvalue weighted by Crippen LogP contribution is 2.02. The maximum absolute atomic E-state index is 5.94. The minimum absolute atomic E-state index is 0.266. The first kappa shape index (κ1) is 12.7. The zero-order valence-electron chi connectivity index (χ0n) is 10.4. The molecule has 0 aromatic heterocycles. The third kappa shape index (κ3) is 4.45. The molecule has 0 aliphatic rings. The van der Waals surface area contributed by atoms with Crippen molar-refractivity contribution in [3.05, 3.63) is 35.9 Å². The van der Waals surface area contributed by atoms with Gasteiger partial charge in [-0.1, -0.05) is 30.3 Å². The quantitative estimate of drug-likeness (QED) is 0.605. The Bertz CT molecular complexity index is 330. The van der Waals surface area contributed by atoms with Gasteiger partial charge in [-0.3, -0.25) is 4.99 Å². The molecule has 0 amide bonds. The second kappa shape index (κ2) is 6.28. The summed E-state index contributed by atoms with van der Waals surface area (Å²) in [4.78, 5) is 6.64. The van der Waals surface area contributed by atoms with Crippen molar-refractivity contribution in [2.45, 2.75) is 19.4 Å². The number of nitrogens with zero attached hydrogens (tertiary/aromatic N) is 2. The Morgan fingerprint density at radius 3 is 2.50 bits per heavy atom. The predicted molar refractivity (Wildman–Crippen MR) is 69.8 cm³/mol. The van der Waals surface area contributed by atoms with Crippen LogP contribution in [0.5, 0.6) is 0 Å². The highest BCUT2D eigenvalue weighted by Gasteiger charge is 2.03. The smallest absolute Gasteiger partial charge is 0.125 e. The third-order valence-corrected chi connectivity index (χ3v) is 2.42. The molecule has 88 valence electrons. The monoisotopic (exact) mass is 219 g/mol. The van der Waals surface area contributed by atoms with E-state index >= 15 is 0 Å². The van der Waals surface area contributed by atoms with Crippen LogP contribution in [0, 0.1) is 0 Å². The standard InChI is InChI=1S/C13H21N3/c1-11(9-10-16(2)3)15-13(14)12-7-5-4-6-8-12/h4-8,11H,9-10H2,1-3H3,(H2,14,15). The van der Waals surface area contributed by atoms with Crippen molar-refractivity contribution in [2.75, 3.05) is 20.6 Å². The molecule has 0 heterocycles. The Hall–Kier alpha value is -1.35. The van der Waals surface area contributed by atoms with Crippen molar-refractivity contribution in [2.24, 2.45) is 10.7 Å². The van der Waals surface area contributed by atoms with Crippen LogP contribution in [0.1, 0.15) is 18.9 Å². The minimum Gasteiger partial charge on any atom is -0.383 e. The number of aliphatic imine (C=N–C) groups is 1. The van der Waals surface area contributed by atoms with Gasteiger partial charge >= 0.3 is 0 Å². The maximum Gasteiger partial charge on any atom is 0.125 e. The van der Waals surface area contributed by atoms with E-state index in [1.165, 1.54) is 0 Å². The molecule has 3 nitrogen and oxygen atoms in total. The highest BCUT2D eigenvalue weighted by atomic mass is 15.1. The Labute approximate surface area is 98.0 Å². The van der Waals surface area contributed by atoms with Crippen molar-refractivity contribution in [1.29, 1.82) is 0 Å². The van der Waals surface area contributed by atoms with Gasteiger partial charge in [-0.15, -0.1) is 0 Å². The number of benzene rings is 1. The Morgan fingerprint density at radius 1 is 1.31 bits per heavy atom. The lowest BCUT2D eigenvalue weighted by molar-refractivity contribution is 0.386. The van der Waals surface area contributed by atoms with Crippen molar-refractivity contribution in [1.82, 2.24) is 4.90 Å². The second-order valence-electron chi connectivity index (χ2n) is 4.32. The van der Waals surface area contributed by atoms with Gasteiger partial charge in [0.25, 0.3) is 0 Å². The van der Waals surface area contributed by atoms with Gasteiger partial charge in [0.2, 0.25) is 0 Å². The van der Waals surface area contributed by atoms with Gasteiger partial charge in [-0.25, -0.2) is 0 Å². The van der Waals surface area contributed by atoms with Gasteiger partial charge < -0.3 is 10.6 Å². The molecule has 0 aliphatic heterocycles. The van der Waals surface area contributed by atoms with Crippen LogP contribution in [0.2, 0.25) is 0 Å². The van der Waals surface area contributed by atoms with E-state index in [9.17, 15) is 0 Å². The number of nitrogens with two attached hydrogens (primary N) is 1. The molecule has 0 fully saturated rings. The molecule has 0 radical (unpaired) electrons. The fourth-order valence-electron chi connectivity index (χ4n) is 1.43. The van der Waals surface area contributed by atoms with Gasteiger partial charge in [0.05, 0.1) is 6.04 Å². The number of amidine groups is 1. The van der Waals surface area contributed by atoms with Crippen LogP contribution in [0.3, 0.4) is 0 Å². The molecular weight excluding hydrogens is 198 g/mol. The van der Waals surface area contributed by atoms with Gasteiger partial charge in [0, 0.05) is 5.56 Å². The van der Waals surface area contributed by atoms with Crippen molar-refractivity contribution in [3.8, 4) is 0 Å². The molecule has 1 atom stereocenters. The molecule has 16 heavy (non-hydrogen) atoms. The molecule has 1 aromatic rings. The largest absolute Gasteiger partial charge is 0.383 e. The van der Waals surface area contributed by atoms with Gasteiger partial charge in [-0.2, -0.15) is 0 Å². The van der Waals surface area contributed by atoms with Crippen LogP contribution in [0.25, 0.3) is 0 Å². The lowest BCUT2D eigenvalue weighted by atomic mass is 10.2. The Morgan fingerprint density at radius 2 is 1.94 bits per heavy atom. The molecule has 2 N–H and O–H groups in total. The molecular formula is C13H21N3. The first-order valence-corrected chi connectivity index (χ1v) is 5.63. The van der Waals surface area contributed by atoms with E-state index in [2.05, 4.69) is 30.9 Å². The highest BCUT2D eigenvalue weighted by molar-refractivity contribution is 5.97. The van der Waals surface area contributed by atoms with Crippen LogP contribution in [0.4, 0.5) is 0 Å². The SMILES string of the molecule is CC(CCN(C)C)N=C(N)c1ccccc1. The summed E-state index contributed by atoms with van der Waals surface area (Å²) in [5.74, 6) is 0.631. The average Bonchev–Trinajstić information content (AvgIpc) is 2.27. The van der Waals surface area contributed by atoms with Crippen LogP contribution < -0.4 is 5.73 Å². The summed E-state index contributed by atoms with van der Waals surface area (Å²) in [6.07, 6.45) is 1.03. The molecule has 3 heteroatoms. The fraction of sp³-hybridized carbons (Fsp3) is 0.462. The topological polar surface area (TPSA) is 41.6 Å². The molecule has 1 aromatic carbocycles. The summed E-state index contributed by atoms with van der Waals surface area (Å²) >= 11 is 0. The van der Waals surface area contributed by atoms with E-state index in [1.54, 1.807) is 0 Å². The van der Waals surface area contributed by atoms with E-state index in [0.29, 0.717) is 5.84 Å². The summed E-state index contributed by atoms with van der Waals surface area (Å²) in [5, 5.41) is 0. The summed E-state index contributed by atoms with van der Waals surface area (Å²) in [5.41, 5.74) is 6.94. The van der Waals surface area contributed by atoms with E-state index in [1.807, 2.05) is 30.3 Å². The lowest BCUT2D eigenvalue weighted by Gasteiger charge is -2.12. The van der Waals surface area contributed by atoms with Crippen molar-refractivity contribution >= 4 is 5.84 Å². The van der Waals surface area contributed by atoms with E-state index in [4.69, 9.17) is 5.73 Å². The van der Waals surface area contributed by atoms with Crippen LogP contribution in [0.15, 0.2) is 35.3 Å². The number of rotatable bonds is 5. The van der Waals surface area contributed by atoms with Gasteiger partial charge in [0.15, 0.2) is 0 Å². The summed E-state index contributed by atoms with van der Waals surface area (Å²) < 4.78 is 0. The van der Waals surface area contributed by atoms with Crippen LogP contribution in [-0.2, 0) is 0 Å². The number of hydrogen-bond donors (Lipinski definition) is 1. The summed E-state index contributed by atoms with van der Waals surface area (Å²) in [7, 11) is 4.13. The minimum atomic E-state index is 0.266. The Balaban J connectivity index is 2.56. The molecule has 0 saturated heterocycles. The van der Waals surface area contributed by atoms with Crippen molar-refractivity contribution < 1.29 is 0 Å². The lowest BCUT2D eigenvalue weighted by Crippen LogP contribution is -2.20. The Kier molecular flexibility index (Phi) is 4.99. The normalized spacial score (nSPS) is 14.1. The zero-order chi connectivity index (χ0) is 12.0. The van der Waals surface area contributed by atoms with E-state index in [-0.39, 0.29) is 6.04 Å². The third-order valence-electron chi connectivity index (χ3n) is 2.42. The fourth-order valence-corrected chi connectivity index (χ4v) is 1.43. The first-order valence-electron chi connectivity index (χ1n) is 5.63. The maximum atomic E-state index is 5.94. The van der Waals surface area contributed by atoms with E-state index in [0.717, 1.165) is 18.5 Å². The molecule has 0 saturated carbocycles. The number of hydrogen-bond acceptors (Lipinski definition) is 2. The molecule has 0 bridgehead atoms. The van der Waals surface area contributed by atoms with E-state index < -0.39 is 0 Å². The predicted octanol–water partition coefficient (Wildman–Crippen LogP) is 1.73. The average molecular weight is 219 g/mol. The molecule has 0 spiro atoms. The molecule has 1 rings (SSSR count). The molecule has 0 aliphatic carbocycles. The van der Waals surface area contributed by atoms with Crippen LogP contribution in [-0.4, -0.2) is 37.4 Å². The first-order chi connectivity index (χ1) is 7.59. The zero-order valence-corrected chi connectivity index (χ0v) is 10.4. The summed E-state index contributed by atoms with van der Waals surface area (Å²) in [6, 6.07) is 10.2. The second-order valence-corrected chi connectivity index (χ2v) is 4.32. The van der Waals surface area contributed by atoms with Crippen molar-refractivity contribution in [3.63, 3.8) is 0 Å².